The van der Waals surface area contributed by atoms with Crippen molar-refractivity contribution in [3.05, 3.63) is 71.6 Å². The molecule has 0 aliphatic heterocycles. The van der Waals surface area contributed by atoms with E-state index in [4.69, 9.17) is 0 Å². The van der Waals surface area contributed by atoms with E-state index in [9.17, 15) is 13.6 Å². The Hall–Kier alpha value is -2.86. The standard InChI is InChI=1S/C19H18F2N2O2/c1-2-3-15-10-11-22-12-16(15)6-9-18(24)23-17-7-4-14(5-8-17)13-25-19(20)21/h2-12,19H,13H2,1H3,(H,23,24)/b3-2+,9-6+. The van der Waals surface area contributed by atoms with E-state index in [0.717, 1.165) is 11.1 Å². The topological polar surface area (TPSA) is 51.2 Å². The lowest BCUT2D eigenvalue weighted by Crippen LogP contribution is -2.08. The van der Waals surface area contributed by atoms with Crippen molar-refractivity contribution in [2.24, 2.45) is 0 Å². The van der Waals surface area contributed by atoms with Gasteiger partial charge in [0.1, 0.15) is 0 Å². The van der Waals surface area contributed by atoms with Crippen molar-refractivity contribution in [2.45, 2.75) is 20.1 Å². The van der Waals surface area contributed by atoms with Crippen LogP contribution in [0.1, 0.15) is 23.6 Å². The van der Waals surface area contributed by atoms with E-state index < -0.39 is 6.61 Å². The van der Waals surface area contributed by atoms with Gasteiger partial charge in [-0.25, -0.2) is 0 Å². The van der Waals surface area contributed by atoms with Crippen molar-refractivity contribution < 1.29 is 18.3 Å². The number of carbonyl (C=O) groups excluding carboxylic acids is 1. The number of ether oxygens (including phenoxy) is 1. The Morgan fingerprint density at radius 3 is 2.64 bits per heavy atom. The number of rotatable bonds is 7. The molecule has 0 saturated carbocycles. The van der Waals surface area contributed by atoms with Gasteiger partial charge in [-0.3, -0.25) is 9.78 Å². The van der Waals surface area contributed by atoms with Crippen LogP contribution in [-0.4, -0.2) is 17.5 Å². The zero-order chi connectivity index (χ0) is 18.1. The monoisotopic (exact) mass is 344 g/mol. The minimum atomic E-state index is -2.80. The lowest BCUT2D eigenvalue weighted by molar-refractivity contribution is -0.137. The molecule has 1 aromatic heterocycles. The van der Waals surface area contributed by atoms with Crippen LogP contribution in [0.3, 0.4) is 0 Å². The van der Waals surface area contributed by atoms with Gasteiger partial charge in [0.25, 0.3) is 0 Å². The maximum absolute atomic E-state index is 12.0. The number of nitrogens with one attached hydrogen (secondary N) is 1. The summed E-state index contributed by atoms with van der Waals surface area (Å²) in [5.41, 5.74) is 2.95. The molecule has 0 bridgehead atoms. The second-order valence-electron chi connectivity index (χ2n) is 5.10. The normalized spacial score (nSPS) is 11.5. The molecular formula is C19H18F2N2O2. The summed E-state index contributed by atoms with van der Waals surface area (Å²) in [5, 5.41) is 2.70. The third kappa shape index (κ3) is 6.27. The fraction of sp³-hybridized carbons (Fsp3) is 0.158. The largest absolute Gasteiger partial charge is 0.345 e. The molecule has 0 atom stereocenters. The molecule has 6 heteroatoms. The number of carbonyl (C=O) groups is 1. The SMILES string of the molecule is C/C=C/c1ccncc1/C=C/C(=O)Nc1ccc(COC(F)F)cc1. The molecule has 1 amide bonds. The number of aromatic nitrogens is 1. The molecule has 2 aromatic rings. The molecular weight excluding hydrogens is 326 g/mol. The first-order valence-electron chi connectivity index (χ1n) is 7.63. The third-order valence-electron chi connectivity index (χ3n) is 3.25. The Kier molecular flexibility index (Phi) is 6.98. The molecule has 1 N–H and O–H groups in total. The van der Waals surface area contributed by atoms with E-state index in [-0.39, 0.29) is 12.5 Å². The molecule has 0 spiro atoms. The van der Waals surface area contributed by atoms with Crippen molar-refractivity contribution in [2.75, 3.05) is 5.32 Å². The van der Waals surface area contributed by atoms with Crippen molar-refractivity contribution in [1.29, 1.82) is 0 Å². The summed E-state index contributed by atoms with van der Waals surface area (Å²) in [4.78, 5) is 16.0. The Morgan fingerprint density at radius 1 is 1.20 bits per heavy atom. The molecule has 2 rings (SSSR count). The summed E-state index contributed by atoms with van der Waals surface area (Å²) in [6.45, 7) is -1.07. The summed E-state index contributed by atoms with van der Waals surface area (Å²) in [5.74, 6) is -0.299. The maximum atomic E-state index is 12.0. The van der Waals surface area contributed by atoms with Crippen LogP contribution in [0.25, 0.3) is 12.2 Å². The summed E-state index contributed by atoms with van der Waals surface area (Å²) >= 11 is 0. The Labute approximate surface area is 144 Å². The first-order chi connectivity index (χ1) is 12.1. The molecule has 0 unspecified atom stereocenters. The fourth-order valence-electron chi connectivity index (χ4n) is 2.08. The lowest BCUT2D eigenvalue weighted by atomic mass is 10.1. The van der Waals surface area contributed by atoms with Gasteiger partial charge in [0.2, 0.25) is 5.91 Å². The quantitative estimate of drug-likeness (QED) is 0.752. The molecule has 0 fully saturated rings. The molecule has 0 aliphatic carbocycles. The van der Waals surface area contributed by atoms with Crippen molar-refractivity contribution in [3.8, 4) is 0 Å². The van der Waals surface area contributed by atoms with Gasteiger partial charge in [-0.15, -0.1) is 0 Å². The number of amides is 1. The van der Waals surface area contributed by atoms with Gasteiger partial charge in [0.05, 0.1) is 6.61 Å². The molecule has 1 aromatic carbocycles. The Bertz CT molecular complexity index is 756. The minimum Gasteiger partial charge on any atom is -0.323 e. The predicted molar refractivity (Wildman–Crippen MR) is 93.8 cm³/mol. The summed E-state index contributed by atoms with van der Waals surface area (Å²) in [6.07, 6.45) is 10.3. The molecule has 0 aliphatic rings. The highest BCUT2D eigenvalue weighted by Crippen LogP contribution is 2.13. The van der Waals surface area contributed by atoms with Gasteiger partial charge < -0.3 is 10.1 Å². The highest BCUT2D eigenvalue weighted by Gasteiger charge is 2.03. The van der Waals surface area contributed by atoms with E-state index in [1.54, 1.807) is 42.7 Å². The smallest absolute Gasteiger partial charge is 0.323 e. The number of anilines is 1. The zero-order valence-electron chi connectivity index (χ0n) is 13.7. The van der Waals surface area contributed by atoms with E-state index >= 15 is 0 Å². The number of hydrogen-bond acceptors (Lipinski definition) is 3. The number of allylic oxidation sites excluding steroid dienone is 1. The van der Waals surface area contributed by atoms with E-state index in [1.807, 2.05) is 25.1 Å². The lowest BCUT2D eigenvalue weighted by Gasteiger charge is -2.05. The first-order valence-corrected chi connectivity index (χ1v) is 7.63. The minimum absolute atomic E-state index is 0.180. The molecule has 0 saturated heterocycles. The van der Waals surface area contributed by atoms with E-state index in [2.05, 4.69) is 15.0 Å². The maximum Gasteiger partial charge on any atom is 0.345 e. The van der Waals surface area contributed by atoms with Gasteiger partial charge >= 0.3 is 6.61 Å². The number of alkyl halides is 2. The molecule has 130 valence electrons. The van der Waals surface area contributed by atoms with Gasteiger partial charge in [-0.2, -0.15) is 8.78 Å². The van der Waals surface area contributed by atoms with Crippen LogP contribution in [0, 0.1) is 0 Å². The molecule has 25 heavy (non-hydrogen) atoms. The highest BCUT2D eigenvalue weighted by atomic mass is 19.3. The van der Waals surface area contributed by atoms with Crippen molar-refractivity contribution >= 4 is 23.7 Å². The summed E-state index contributed by atoms with van der Waals surface area (Å²) in [7, 11) is 0. The highest BCUT2D eigenvalue weighted by molar-refractivity contribution is 6.02. The van der Waals surface area contributed by atoms with Gasteiger partial charge in [-0.1, -0.05) is 24.3 Å². The van der Waals surface area contributed by atoms with Gasteiger partial charge in [0.15, 0.2) is 0 Å². The fourth-order valence-corrected chi connectivity index (χ4v) is 2.08. The predicted octanol–water partition coefficient (Wildman–Crippen LogP) is 4.51. The van der Waals surface area contributed by atoms with Crippen LogP contribution in [0.15, 0.2) is 54.9 Å². The van der Waals surface area contributed by atoms with E-state index in [1.165, 1.54) is 6.08 Å². The van der Waals surface area contributed by atoms with Gasteiger partial charge in [-0.05, 0) is 42.3 Å². The molecule has 0 radical (unpaired) electrons. The van der Waals surface area contributed by atoms with Crippen molar-refractivity contribution in [3.63, 3.8) is 0 Å². The van der Waals surface area contributed by atoms with Gasteiger partial charge in [0, 0.05) is 29.7 Å². The average molecular weight is 344 g/mol. The van der Waals surface area contributed by atoms with Crippen LogP contribution in [-0.2, 0) is 16.1 Å². The van der Waals surface area contributed by atoms with E-state index in [0.29, 0.717) is 11.3 Å². The number of nitrogens with zero attached hydrogens (tertiary/aromatic N) is 1. The number of hydrogen-bond donors (Lipinski definition) is 1. The Morgan fingerprint density at radius 2 is 1.96 bits per heavy atom. The second-order valence-corrected chi connectivity index (χ2v) is 5.10. The molecule has 1 heterocycles. The van der Waals surface area contributed by atoms with Crippen LogP contribution in [0.2, 0.25) is 0 Å². The molecule has 4 nitrogen and oxygen atoms in total. The van der Waals surface area contributed by atoms with Crippen LogP contribution < -0.4 is 5.32 Å². The van der Waals surface area contributed by atoms with Crippen LogP contribution in [0.4, 0.5) is 14.5 Å². The zero-order valence-corrected chi connectivity index (χ0v) is 13.7. The second kappa shape index (κ2) is 9.44. The van der Waals surface area contributed by atoms with Crippen LogP contribution in [0.5, 0.6) is 0 Å². The average Bonchev–Trinajstić information content (AvgIpc) is 2.60. The van der Waals surface area contributed by atoms with Crippen molar-refractivity contribution in [1.82, 2.24) is 4.98 Å². The Balaban J connectivity index is 1.96. The summed E-state index contributed by atoms with van der Waals surface area (Å²) < 4.78 is 28.2. The summed E-state index contributed by atoms with van der Waals surface area (Å²) in [6, 6.07) is 8.36. The number of pyridine rings is 1. The van der Waals surface area contributed by atoms with Crippen LogP contribution >= 0.6 is 0 Å². The first kappa shape index (κ1) is 18.5. The number of halogens is 2. The number of benzene rings is 1. The third-order valence-corrected chi connectivity index (χ3v) is 3.25.